The van der Waals surface area contributed by atoms with Gasteiger partial charge in [-0.05, 0) is 46.3 Å². The van der Waals surface area contributed by atoms with Crippen LogP contribution in [0.1, 0.15) is 15.2 Å². The van der Waals surface area contributed by atoms with Crippen LogP contribution in [0.5, 0.6) is 0 Å². The Morgan fingerprint density at radius 2 is 1.93 bits per heavy atom. The molecule has 0 spiro atoms. The second kappa shape index (κ2) is 8.00. The zero-order valence-corrected chi connectivity index (χ0v) is 17.3. The van der Waals surface area contributed by atoms with Crippen LogP contribution >= 0.6 is 27.3 Å². The van der Waals surface area contributed by atoms with Crippen molar-refractivity contribution in [1.82, 2.24) is 15.1 Å². The summed E-state index contributed by atoms with van der Waals surface area (Å²) in [4.78, 5) is 32.1. The molecule has 0 unspecified atom stereocenters. The molecule has 2 aromatic rings. The van der Waals surface area contributed by atoms with Gasteiger partial charge in [-0.15, -0.1) is 11.3 Å². The van der Waals surface area contributed by atoms with Gasteiger partial charge in [-0.3, -0.25) is 14.6 Å². The summed E-state index contributed by atoms with van der Waals surface area (Å²) in [5.74, 6) is 0.0370. The average molecular weight is 449 g/mol. The Balaban J connectivity index is 1.37. The van der Waals surface area contributed by atoms with Gasteiger partial charge >= 0.3 is 6.03 Å². The molecule has 1 N–H and O–H groups in total. The predicted octanol–water partition coefficient (Wildman–Crippen LogP) is 3.00. The molecule has 1 aromatic carbocycles. The zero-order valence-electron chi connectivity index (χ0n) is 14.9. The largest absolute Gasteiger partial charge is 0.336 e. The van der Waals surface area contributed by atoms with Crippen LogP contribution in [0.25, 0.3) is 0 Å². The summed E-state index contributed by atoms with van der Waals surface area (Å²) in [6.45, 7) is 5.39. The third-order valence-electron chi connectivity index (χ3n) is 4.93. The summed E-state index contributed by atoms with van der Waals surface area (Å²) in [5.41, 5.74) is 1.42. The van der Waals surface area contributed by atoms with E-state index in [1.54, 1.807) is 16.2 Å². The SMILES string of the molecule is O=C(c1cccc(N2CCNC2=O)c1)N1CCN(Cc2ccc(Br)s2)CC1. The third kappa shape index (κ3) is 4.17. The Hall–Kier alpha value is -1.90. The third-order valence-corrected chi connectivity index (χ3v) is 6.54. The topological polar surface area (TPSA) is 55.9 Å². The number of nitrogens with one attached hydrogen (secondary N) is 1. The Bertz CT molecular complexity index is 848. The number of benzene rings is 1. The lowest BCUT2D eigenvalue weighted by Gasteiger charge is -2.34. The first-order chi connectivity index (χ1) is 13.1. The second-order valence-electron chi connectivity index (χ2n) is 6.71. The number of anilines is 1. The monoisotopic (exact) mass is 448 g/mol. The van der Waals surface area contributed by atoms with Gasteiger partial charge in [-0.25, -0.2) is 4.79 Å². The van der Waals surface area contributed by atoms with Crippen LogP contribution in [-0.2, 0) is 6.54 Å². The minimum absolute atomic E-state index is 0.0370. The fourth-order valence-electron chi connectivity index (χ4n) is 3.47. The molecule has 2 fully saturated rings. The van der Waals surface area contributed by atoms with Crippen molar-refractivity contribution in [3.63, 3.8) is 0 Å². The van der Waals surface area contributed by atoms with E-state index >= 15 is 0 Å². The summed E-state index contributed by atoms with van der Waals surface area (Å²) in [6, 6.07) is 11.5. The number of thiophene rings is 1. The molecule has 0 atom stereocenters. The van der Waals surface area contributed by atoms with Crippen LogP contribution in [0.4, 0.5) is 10.5 Å². The summed E-state index contributed by atoms with van der Waals surface area (Å²) < 4.78 is 1.15. The molecule has 1 aromatic heterocycles. The summed E-state index contributed by atoms with van der Waals surface area (Å²) >= 11 is 5.26. The van der Waals surface area contributed by atoms with Gasteiger partial charge in [0.15, 0.2) is 0 Å². The van der Waals surface area contributed by atoms with Gasteiger partial charge in [0.05, 0.1) is 3.79 Å². The van der Waals surface area contributed by atoms with Crippen LogP contribution in [0.15, 0.2) is 40.2 Å². The van der Waals surface area contributed by atoms with Gasteiger partial charge in [0, 0.05) is 61.9 Å². The Morgan fingerprint density at radius 1 is 1.11 bits per heavy atom. The van der Waals surface area contributed by atoms with E-state index in [2.05, 4.69) is 38.3 Å². The molecule has 142 valence electrons. The number of nitrogens with zero attached hydrogens (tertiary/aromatic N) is 3. The molecule has 0 radical (unpaired) electrons. The molecule has 2 aliphatic heterocycles. The lowest BCUT2D eigenvalue weighted by Crippen LogP contribution is -2.48. The molecule has 3 heterocycles. The lowest BCUT2D eigenvalue weighted by molar-refractivity contribution is 0.0629. The van der Waals surface area contributed by atoms with Gasteiger partial charge in [-0.2, -0.15) is 0 Å². The number of halogens is 1. The molecular formula is C19H21BrN4O2S. The highest BCUT2D eigenvalue weighted by atomic mass is 79.9. The fraction of sp³-hybridized carbons (Fsp3) is 0.368. The normalized spacial score (nSPS) is 18.0. The predicted molar refractivity (Wildman–Crippen MR) is 110 cm³/mol. The number of urea groups is 1. The smallest absolute Gasteiger partial charge is 0.321 e. The highest BCUT2D eigenvalue weighted by Gasteiger charge is 2.25. The van der Waals surface area contributed by atoms with E-state index in [1.807, 2.05) is 29.2 Å². The highest BCUT2D eigenvalue weighted by molar-refractivity contribution is 9.11. The van der Waals surface area contributed by atoms with E-state index < -0.39 is 0 Å². The van der Waals surface area contributed by atoms with Crippen molar-refractivity contribution in [3.05, 3.63) is 50.6 Å². The van der Waals surface area contributed by atoms with E-state index in [0.29, 0.717) is 18.7 Å². The number of carbonyl (C=O) groups excluding carboxylic acids is 2. The minimum atomic E-state index is -0.103. The number of piperazine rings is 1. The standard InChI is InChI=1S/C19H21BrN4O2S/c20-17-5-4-16(27-17)13-22-8-10-23(11-9-22)18(25)14-2-1-3-15(12-14)24-7-6-21-19(24)26/h1-5,12H,6-11,13H2,(H,21,26). The van der Waals surface area contributed by atoms with Gasteiger partial charge in [0.2, 0.25) is 0 Å². The Morgan fingerprint density at radius 3 is 2.59 bits per heavy atom. The molecule has 2 saturated heterocycles. The summed E-state index contributed by atoms with van der Waals surface area (Å²) in [7, 11) is 0. The molecular weight excluding hydrogens is 428 g/mol. The average Bonchev–Trinajstić information content (AvgIpc) is 3.30. The number of carbonyl (C=O) groups is 2. The van der Waals surface area contributed by atoms with Crippen molar-refractivity contribution in [2.75, 3.05) is 44.2 Å². The Labute approximate surface area is 170 Å². The first kappa shape index (κ1) is 18.5. The number of amides is 3. The van der Waals surface area contributed by atoms with Crippen LogP contribution in [0.3, 0.4) is 0 Å². The quantitative estimate of drug-likeness (QED) is 0.781. The van der Waals surface area contributed by atoms with Crippen molar-refractivity contribution in [3.8, 4) is 0 Å². The van der Waals surface area contributed by atoms with Gasteiger partial charge in [-0.1, -0.05) is 6.07 Å². The van der Waals surface area contributed by atoms with Crippen molar-refractivity contribution in [2.24, 2.45) is 0 Å². The first-order valence-corrected chi connectivity index (χ1v) is 10.6. The van der Waals surface area contributed by atoms with Crippen molar-refractivity contribution >= 4 is 44.9 Å². The maximum absolute atomic E-state index is 12.9. The number of hydrogen-bond acceptors (Lipinski definition) is 4. The van der Waals surface area contributed by atoms with Crippen molar-refractivity contribution < 1.29 is 9.59 Å². The zero-order chi connectivity index (χ0) is 18.8. The van der Waals surface area contributed by atoms with Crippen LogP contribution in [0, 0.1) is 0 Å². The van der Waals surface area contributed by atoms with E-state index in [0.717, 1.165) is 42.2 Å². The van der Waals surface area contributed by atoms with Crippen LogP contribution in [-0.4, -0.2) is 61.0 Å². The van der Waals surface area contributed by atoms with E-state index in [9.17, 15) is 9.59 Å². The van der Waals surface area contributed by atoms with Crippen LogP contribution < -0.4 is 10.2 Å². The molecule has 2 aliphatic rings. The van der Waals surface area contributed by atoms with Crippen molar-refractivity contribution in [2.45, 2.75) is 6.54 Å². The maximum atomic E-state index is 12.9. The molecule has 6 nitrogen and oxygen atoms in total. The molecule has 0 saturated carbocycles. The second-order valence-corrected chi connectivity index (χ2v) is 9.26. The molecule has 8 heteroatoms. The fourth-order valence-corrected chi connectivity index (χ4v) is 5.00. The number of rotatable bonds is 4. The van der Waals surface area contributed by atoms with E-state index in [4.69, 9.17) is 0 Å². The van der Waals surface area contributed by atoms with Gasteiger partial charge in [0.25, 0.3) is 5.91 Å². The maximum Gasteiger partial charge on any atom is 0.321 e. The molecule has 4 rings (SSSR count). The summed E-state index contributed by atoms with van der Waals surface area (Å²) in [5, 5.41) is 2.79. The number of hydrogen-bond donors (Lipinski definition) is 1. The van der Waals surface area contributed by atoms with Gasteiger partial charge in [0.1, 0.15) is 0 Å². The molecule has 27 heavy (non-hydrogen) atoms. The molecule has 0 aliphatic carbocycles. The first-order valence-electron chi connectivity index (χ1n) is 9.01. The lowest BCUT2D eigenvalue weighted by atomic mass is 10.1. The van der Waals surface area contributed by atoms with Gasteiger partial charge < -0.3 is 10.2 Å². The van der Waals surface area contributed by atoms with Crippen molar-refractivity contribution in [1.29, 1.82) is 0 Å². The molecule has 3 amide bonds. The summed E-state index contributed by atoms with van der Waals surface area (Å²) in [6.07, 6.45) is 0. The molecule has 0 bridgehead atoms. The van der Waals surface area contributed by atoms with Crippen LogP contribution in [0.2, 0.25) is 0 Å². The minimum Gasteiger partial charge on any atom is -0.336 e. The Kier molecular flexibility index (Phi) is 5.47. The van der Waals surface area contributed by atoms with E-state index in [1.165, 1.54) is 4.88 Å². The highest BCUT2D eigenvalue weighted by Crippen LogP contribution is 2.24. The van der Waals surface area contributed by atoms with E-state index in [-0.39, 0.29) is 11.9 Å².